The molecule has 0 bridgehead atoms. The summed E-state index contributed by atoms with van der Waals surface area (Å²) in [7, 11) is 1.31. The fourth-order valence-corrected chi connectivity index (χ4v) is 3.90. The van der Waals surface area contributed by atoms with E-state index in [0.29, 0.717) is 26.7 Å². The zero-order chi connectivity index (χ0) is 18.3. The Balaban J connectivity index is 2.02. The lowest BCUT2D eigenvalue weighted by atomic mass is 10.1. The molecule has 1 aromatic carbocycles. The maximum absolute atomic E-state index is 12.7. The van der Waals surface area contributed by atoms with E-state index in [9.17, 15) is 9.59 Å². The third kappa shape index (κ3) is 2.92. The van der Waals surface area contributed by atoms with Gasteiger partial charge in [-0.1, -0.05) is 23.7 Å². The third-order valence-corrected chi connectivity index (χ3v) is 5.54. The molecule has 0 saturated heterocycles. The number of amides is 1. The number of nitrogens with one attached hydrogen (secondary N) is 1. The first kappa shape index (κ1) is 17.5. The average molecular weight is 378 g/mol. The molecule has 130 valence electrons. The largest absolute Gasteiger partial charge is 0.465 e. The summed E-state index contributed by atoms with van der Waals surface area (Å²) >= 11 is 7.46. The van der Waals surface area contributed by atoms with Crippen molar-refractivity contribution in [3.8, 4) is 0 Å². The summed E-state index contributed by atoms with van der Waals surface area (Å²) in [4.78, 5) is 25.7. The van der Waals surface area contributed by atoms with Crippen molar-refractivity contribution >= 4 is 50.8 Å². The van der Waals surface area contributed by atoms with Crippen LogP contribution in [0.25, 0.3) is 11.0 Å². The number of benzene rings is 1. The van der Waals surface area contributed by atoms with E-state index < -0.39 is 11.9 Å². The van der Waals surface area contributed by atoms with Gasteiger partial charge < -0.3 is 14.5 Å². The van der Waals surface area contributed by atoms with E-state index in [1.165, 1.54) is 18.4 Å². The average Bonchev–Trinajstić information content (AvgIpc) is 3.06. The number of halogens is 1. The van der Waals surface area contributed by atoms with E-state index in [-0.39, 0.29) is 5.76 Å². The highest BCUT2D eigenvalue weighted by atomic mass is 35.5. The predicted octanol–water partition coefficient (Wildman–Crippen LogP) is 5.11. The summed E-state index contributed by atoms with van der Waals surface area (Å²) in [6.45, 7) is 5.50. The van der Waals surface area contributed by atoms with Gasteiger partial charge in [0.25, 0.3) is 5.91 Å². The van der Waals surface area contributed by atoms with Gasteiger partial charge in [-0.2, -0.15) is 0 Å². The maximum atomic E-state index is 12.7. The van der Waals surface area contributed by atoms with Gasteiger partial charge >= 0.3 is 5.97 Å². The Labute approximate surface area is 153 Å². The van der Waals surface area contributed by atoms with E-state index in [2.05, 4.69) is 5.32 Å². The summed E-state index contributed by atoms with van der Waals surface area (Å²) in [5.41, 5.74) is 2.32. The van der Waals surface area contributed by atoms with Gasteiger partial charge in [0.05, 0.1) is 17.7 Å². The van der Waals surface area contributed by atoms with E-state index in [1.807, 2.05) is 19.9 Å². The number of anilines is 1. The van der Waals surface area contributed by atoms with Crippen LogP contribution in [-0.2, 0) is 4.74 Å². The highest BCUT2D eigenvalue weighted by molar-refractivity contribution is 7.16. The predicted molar refractivity (Wildman–Crippen MR) is 99.0 cm³/mol. The molecule has 0 unspecified atom stereocenters. The highest BCUT2D eigenvalue weighted by Gasteiger charge is 2.25. The smallest absolute Gasteiger partial charge is 0.341 e. The minimum absolute atomic E-state index is 0.169. The van der Waals surface area contributed by atoms with E-state index >= 15 is 0 Å². The fourth-order valence-electron chi connectivity index (χ4n) is 2.65. The number of rotatable bonds is 3. The molecule has 1 N–H and O–H groups in total. The summed E-state index contributed by atoms with van der Waals surface area (Å²) < 4.78 is 10.5. The zero-order valence-corrected chi connectivity index (χ0v) is 15.7. The summed E-state index contributed by atoms with van der Waals surface area (Å²) in [5, 5.41) is 4.43. The van der Waals surface area contributed by atoms with Gasteiger partial charge in [-0.15, -0.1) is 11.3 Å². The molecule has 3 rings (SSSR count). The van der Waals surface area contributed by atoms with E-state index in [0.717, 1.165) is 15.8 Å². The Morgan fingerprint density at radius 2 is 1.92 bits per heavy atom. The van der Waals surface area contributed by atoms with Crippen LogP contribution in [0.3, 0.4) is 0 Å². The van der Waals surface area contributed by atoms with Crippen LogP contribution in [0, 0.1) is 20.8 Å². The Kier molecular flexibility index (Phi) is 4.58. The highest BCUT2D eigenvalue weighted by Crippen LogP contribution is 2.35. The number of furan rings is 1. The van der Waals surface area contributed by atoms with Crippen molar-refractivity contribution in [2.45, 2.75) is 20.8 Å². The van der Waals surface area contributed by atoms with Crippen LogP contribution >= 0.6 is 22.9 Å². The summed E-state index contributed by atoms with van der Waals surface area (Å²) in [6, 6.07) is 5.35. The monoisotopic (exact) mass is 377 g/mol. The van der Waals surface area contributed by atoms with Crippen molar-refractivity contribution in [2.24, 2.45) is 0 Å². The van der Waals surface area contributed by atoms with Gasteiger partial charge in [-0.05, 0) is 32.4 Å². The number of carbonyl (C=O) groups excluding carboxylic acids is 2. The molecule has 3 aromatic rings. The molecular weight excluding hydrogens is 362 g/mol. The van der Waals surface area contributed by atoms with Crippen molar-refractivity contribution < 1.29 is 18.7 Å². The topological polar surface area (TPSA) is 68.5 Å². The first-order valence-electron chi connectivity index (χ1n) is 7.52. The first-order valence-corrected chi connectivity index (χ1v) is 8.71. The molecule has 0 aliphatic rings. The summed E-state index contributed by atoms with van der Waals surface area (Å²) in [5.74, 6) is -0.750. The number of methoxy groups -OCH3 is 1. The van der Waals surface area contributed by atoms with Crippen LogP contribution in [0.2, 0.25) is 5.02 Å². The Morgan fingerprint density at radius 3 is 2.56 bits per heavy atom. The lowest BCUT2D eigenvalue weighted by molar-refractivity contribution is 0.0601. The normalized spacial score (nSPS) is 10.9. The molecule has 2 aromatic heterocycles. The molecule has 0 spiro atoms. The van der Waals surface area contributed by atoms with Crippen LogP contribution in [0.4, 0.5) is 5.00 Å². The van der Waals surface area contributed by atoms with E-state index in [1.54, 1.807) is 19.1 Å². The number of para-hydroxylation sites is 1. The van der Waals surface area contributed by atoms with Gasteiger partial charge in [0.15, 0.2) is 11.3 Å². The van der Waals surface area contributed by atoms with Gasteiger partial charge in [0.2, 0.25) is 0 Å². The van der Waals surface area contributed by atoms with Crippen molar-refractivity contribution in [1.82, 2.24) is 0 Å². The van der Waals surface area contributed by atoms with Crippen LogP contribution in [-0.4, -0.2) is 19.0 Å². The number of carbonyl (C=O) groups is 2. The van der Waals surface area contributed by atoms with Crippen LogP contribution in [0.1, 0.15) is 36.9 Å². The van der Waals surface area contributed by atoms with E-state index in [4.69, 9.17) is 20.8 Å². The standard InChI is InChI=1S/C18H16ClNO4S/c1-8-10(3)25-17(13(8)18(22)23-4)20-16(21)14-9(2)11-6-5-7-12(19)15(11)24-14/h5-7H,1-4H3,(H,20,21). The van der Waals surface area contributed by atoms with Gasteiger partial charge in [-0.3, -0.25) is 4.79 Å². The molecule has 5 nitrogen and oxygen atoms in total. The lowest BCUT2D eigenvalue weighted by Gasteiger charge is -2.05. The Morgan fingerprint density at radius 1 is 1.20 bits per heavy atom. The van der Waals surface area contributed by atoms with Crippen molar-refractivity contribution in [3.63, 3.8) is 0 Å². The second-order valence-electron chi connectivity index (χ2n) is 5.61. The SMILES string of the molecule is COC(=O)c1c(NC(=O)c2oc3c(Cl)cccc3c2C)sc(C)c1C. The number of thiophene rings is 1. The number of hydrogen-bond donors (Lipinski definition) is 1. The number of fused-ring (bicyclic) bond motifs is 1. The van der Waals surface area contributed by atoms with Crippen LogP contribution in [0.15, 0.2) is 22.6 Å². The second kappa shape index (κ2) is 6.54. The minimum Gasteiger partial charge on any atom is -0.465 e. The number of hydrogen-bond acceptors (Lipinski definition) is 5. The molecular formula is C18H16ClNO4S. The van der Waals surface area contributed by atoms with Gasteiger partial charge in [-0.25, -0.2) is 4.79 Å². The third-order valence-electron chi connectivity index (χ3n) is 4.12. The second-order valence-corrected chi connectivity index (χ2v) is 7.24. The molecule has 1 amide bonds. The van der Waals surface area contributed by atoms with Crippen molar-refractivity contribution in [3.05, 3.63) is 50.5 Å². The fraction of sp³-hybridized carbons (Fsp3) is 0.222. The van der Waals surface area contributed by atoms with Crippen LogP contribution < -0.4 is 5.32 Å². The zero-order valence-electron chi connectivity index (χ0n) is 14.2. The molecule has 0 aliphatic carbocycles. The lowest BCUT2D eigenvalue weighted by Crippen LogP contribution is -2.14. The molecule has 0 fully saturated rings. The number of aryl methyl sites for hydroxylation is 2. The molecule has 25 heavy (non-hydrogen) atoms. The van der Waals surface area contributed by atoms with Crippen molar-refractivity contribution in [1.29, 1.82) is 0 Å². The molecule has 2 heterocycles. The molecule has 7 heteroatoms. The molecule has 0 saturated carbocycles. The number of ether oxygens (including phenoxy) is 1. The van der Waals surface area contributed by atoms with Gasteiger partial charge in [0.1, 0.15) is 5.00 Å². The molecule has 0 atom stereocenters. The Hall–Kier alpha value is -2.31. The van der Waals surface area contributed by atoms with Crippen molar-refractivity contribution in [2.75, 3.05) is 12.4 Å². The van der Waals surface area contributed by atoms with Gasteiger partial charge in [0, 0.05) is 15.8 Å². The maximum Gasteiger partial charge on any atom is 0.341 e. The molecule has 0 radical (unpaired) electrons. The quantitative estimate of drug-likeness (QED) is 0.644. The molecule has 0 aliphatic heterocycles. The minimum atomic E-state index is -0.485. The van der Waals surface area contributed by atoms with Crippen LogP contribution in [0.5, 0.6) is 0 Å². The first-order chi connectivity index (χ1) is 11.8. The number of esters is 1. The summed E-state index contributed by atoms with van der Waals surface area (Å²) in [6.07, 6.45) is 0. The Bertz CT molecular complexity index is 1000.